The van der Waals surface area contributed by atoms with Gasteiger partial charge >= 0.3 is 5.69 Å². The average Bonchev–Trinajstić information content (AvgIpc) is 2.36. The van der Waals surface area contributed by atoms with Crippen molar-refractivity contribution in [1.82, 2.24) is 19.9 Å². The molecule has 0 aliphatic rings. The second-order valence-corrected chi connectivity index (χ2v) is 3.64. The van der Waals surface area contributed by atoms with Crippen LogP contribution in [0.1, 0.15) is 5.56 Å². The Kier molecular flexibility index (Phi) is 1.97. The van der Waals surface area contributed by atoms with E-state index in [4.69, 9.17) is 5.26 Å². The molecule has 0 atom stereocenters. The van der Waals surface area contributed by atoms with Crippen LogP contribution in [0.25, 0.3) is 22.2 Å². The number of aromatic nitrogens is 4. The van der Waals surface area contributed by atoms with E-state index in [0.29, 0.717) is 16.6 Å². The molecule has 0 fully saturated rings. The Morgan fingerprint density at radius 2 is 1.94 bits per heavy atom. The van der Waals surface area contributed by atoms with Crippen LogP contribution in [0.2, 0.25) is 0 Å². The highest BCUT2D eigenvalue weighted by Crippen LogP contribution is 2.13. The molecule has 0 unspecified atom stereocenters. The molecule has 0 aliphatic carbocycles. The van der Waals surface area contributed by atoms with Crippen LogP contribution in [0.3, 0.4) is 0 Å². The zero-order chi connectivity index (χ0) is 12.7. The van der Waals surface area contributed by atoms with Gasteiger partial charge in [-0.25, -0.2) is 14.8 Å². The van der Waals surface area contributed by atoms with Crippen LogP contribution >= 0.6 is 0 Å². The van der Waals surface area contributed by atoms with E-state index < -0.39 is 11.2 Å². The molecular weight excluding hydrogens is 234 g/mol. The van der Waals surface area contributed by atoms with Gasteiger partial charge in [-0.1, -0.05) is 0 Å². The van der Waals surface area contributed by atoms with Gasteiger partial charge in [-0.15, -0.1) is 0 Å². The third-order valence-electron chi connectivity index (χ3n) is 2.47. The smallest absolute Gasteiger partial charge is 0.290 e. The molecule has 0 saturated carbocycles. The molecule has 0 amide bonds. The minimum Gasteiger partial charge on any atom is -0.290 e. The maximum absolute atomic E-state index is 11.6. The van der Waals surface area contributed by atoms with Gasteiger partial charge in [0.15, 0.2) is 11.2 Å². The number of hydrogen-bond donors (Lipinski definition) is 2. The van der Waals surface area contributed by atoms with E-state index in [2.05, 4.69) is 19.9 Å². The lowest BCUT2D eigenvalue weighted by Crippen LogP contribution is -2.23. The van der Waals surface area contributed by atoms with Crippen LogP contribution in [0, 0.1) is 11.3 Å². The fraction of sp³-hybridized carbons (Fsp3) is 0. The summed E-state index contributed by atoms with van der Waals surface area (Å²) in [4.78, 5) is 35.4. The summed E-state index contributed by atoms with van der Waals surface area (Å²) in [6, 6.07) is 6.72. The zero-order valence-corrected chi connectivity index (χ0v) is 8.89. The van der Waals surface area contributed by atoms with Crippen molar-refractivity contribution in [2.45, 2.75) is 0 Å². The topological polar surface area (TPSA) is 115 Å². The van der Waals surface area contributed by atoms with Gasteiger partial charge < -0.3 is 0 Å². The van der Waals surface area contributed by atoms with E-state index in [1.807, 2.05) is 6.07 Å². The Morgan fingerprint density at radius 3 is 2.72 bits per heavy atom. The summed E-state index contributed by atoms with van der Waals surface area (Å²) in [6.45, 7) is 0. The Labute approximate surface area is 98.8 Å². The minimum atomic E-state index is -0.630. The summed E-state index contributed by atoms with van der Waals surface area (Å²) in [5.74, 6) is 0. The first kappa shape index (κ1) is 10.2. The minimum absolute atomic E-state index is 0.0391. The molecule has 1 aromatic carbocycles. The molecular formula is C11H5N5O2. The van der Waals surface area contributed by atoms with Crippen molar-refractivity contribution < 1.29 is 0 Å². The largest absolute Gasteiger partial charge is 0.327 e. The molecule has 2 aromatic heterocycles. The van der Waals surface area contributed by atoms with Crippen LogP contribution in [0.4, 0.5) is 0 Å². The molecule has 2 heterocycles. The molecule has 7 nitrogen and oxygen atoms in total. The van der Waals surface area contributed by atoms with Gasteiger partial charge in [0.1, 0.15) is 0 Å². The van der Waals surface area contributed by atoms with E-state index in [1.165, 1.54) is 6.07 Å². The quantitative estimate of drug-likeness (QED) is 0.537. The number of nitrogens with one attached hydrogen (secondary N) is 2. The predicted octanol–water partition coefficient (Wildman–Crippen LogP) is 0.0313. The third kappa shape index (κ3) is 1.44. The second kappa shape index (κ2) is 3.49. The number of aromatic amines is 2. The van der Waals surface area contributed by atoms with E-state index >= 15 is 0 Å². The van der Waals surface area contributed by atoms with Gasteiger partial charge in [0.2, 0.25) is 0 Å². The monoisotopic (exact) mass is 239 g/mol. The lowest BCUT2D eigenvalue weighted by atomic mass is 10.2. The van der Waals surface area contributed by atoms with Crippen LogP contribution in [0.5, 0.6) is 0 Å². The highest BCUT2D eigenvalue weighted by molar-refractivity contribution is 5.84. The SMILES string of the molecule is N#Cc1ccc2nc3[nH]c(=O)[nH]c(=O)c3nc2c1. The fourth-order valence-electron chi connectivity index (χ4n) is 1.67. The molecule has 0 radical (unpaired) electrons. The van der Waals surface area contributed by atoms with Gasteiger partial charge in [-0.05, 0) is 18.2 Å². The maximum atomic E-state index is 11.6. The highest BCUT2D eigenvalue weighted by Gasteiger charge is 2.06. The summed E-state index contributed by atoms with van der Waals surface area (Å²) in [5.41, 5.74) is 0.289. The van der Waals surface area contributed by atoms with Crippen LogP contribution in [-0.2, 0) is 0 Å². The van der Waals surface area contributed by atoms with Crippen molar-refractivity contribution in [3.8, 4) is 6.07 Å². The fourth-order valence-corrected chi connectivity index (χ4v) is 1.67. The highest BCUT2D eigenvalue weighted by atomic mass is 16.2. The van der Waals surface area contributed by atoms with Gasteiger partial charge in [0.05, 0.1) is 22.7 Å². The van der Waals surface area contributed by atoms with Crippen molar-refractivity contribution in [2.75, 3.05) is 0 Å². The third-order valence-corrected chi connectivity index (χ3v) is 2.47. The summed E-state index contributed by atoms with van der Waals surface area (Å²) < 4.78 is 0. The number of nitrogens with zero attached hydrogens (tertiary/aromatic N) is 3. The predicted molar refractivity (Wildman–Crippen MR) is 63.0 cm³/mol. The van der Waals surface area contributed by atoms with Crippen molar-refractivity contribution in [3.63, 3.8) is 0 Å². The summed E-state index contributed by atoms with van der Waals surface area (Å²) in [6.07, 6.45) is 0. The number of H-pyrrole nitrogens is 2. The molecule has 18 heavy (non-hydrogen) atoms. The number of benzene rings is 1. The van der Waals surface area contributed by atoms with Gasteiger partial charge in [-0.2, -0.15) is 5.26 Å². The lowest BCUT2D eigenvalue weighted by Gasteiger charge is -1.99. The maximum Gasteiger partial charge on any atom is 0.327 e. The lowest BCUT2D eigenvalue weighted by molar-refractivity contribution is 1.05. The average molecular weight is 239 g/mol. The van der Waals surface area contributed by atoms with Crippen LogP contribution < -0.4 is 11.2 Å². The summed E-state index contributed by atoms with van der Waals surface area (Å²) in [7, 11) is 0. The molecule has 3 aromatic rings. The Morgan fingerprint density at radius 1 is 1.11 bits per heavy atom. The number of nitriles is 1. The van der Waals surface area contributed by atoms with E-state index in [-0.39, 0.29) is 11.2 Å². The normalized spacial score (nSPS) is 10.6. The van der Waals surface area contributed by atoms with Crippen molar-refractivity contribution in [1.29, 1.82) is 5.26 Å². The molecule has 0 bridgehead atoms. The molecule has 7 heteroatoms. The van der Waals surface area contributed by atoms with Gasteiger partial charge in [0, 0.05) is 0 Å². The standard InChI is InChI=1S/C11H5N5O2/c12-4-5-1-2-6-7(3-5)13-8-9(14-6)15-11(18)16-10(8)17/h1-3H,(H2,14,15,16,17,18). The second-order valence-electron chi connectivity index (χ2n) is 3.64. The summed E-state index contributed by atoms with van der Waals surface area (Å²) in [5, 5.41) is 8.79. The molecule has 0 saturated heterocycles. The number of hydrogen-bond acceptors (Lipinski definition) is 5. The van der Waals surface area contributed by atoms with E-state index in [9.17, 15) is 9.59 Å². The van der Waals surface area contributed by atoms with Gasteiger partial charge in [0.25, 0.3) is 5.56 Å². The van der Waals surface area contributed by atoms with E-state index in [0.717, 1.165) is 0 Å². The van der Waals surface area contributed by atoms with E-state index in [1.54, 1.807) is 12.1 Å². The van der Waals surface area contributed by atoms with Crippen LogP contribution in [-0.4, -0.2) is 19.9 Å². The first-order chi connectivity index (χ1) is 8.67. The van der Waals surface area contributed by atoms with Crippen molar-refractivity contribution in [3.05, 3.63) is 44.6 Å². The van der Waals surface area contributed by atoms with Crippen molar-refractivity contribution in [2.24, 2.45) is 0 Å². The first-order valence-corrected chi connectivity index (χ1v) is 5.01. The molecule has 2 N–H and O–H groups in total. The van der Waals surface area contributed by atoms with Crippen LogP contribution in [0.15, 0.2) is 27.8 Å². The van der Waals surface area contributed by atoms with Crippen molar-refractivity contribution >= 4 is 22.2 Å². The zero-order valence-electron chi connectivity index (χ0n) is 8.89. The molecule has 3 rings (SSSR count). The Bertz CT molecular complexity index is 932. The number of rotatable bonds is 0. The number of fused-ring (bicyclic) bond motifs is 2. The van der Waals surface area contributed by atoms with Gasteiger partial charge in [-0.3, -0.25) is 14.8 Å². The molecule has 0 spiro atoms. The Hall–Kier alpha value is -3.01. The molecule has 0 aliphatic heterocycles. The summed E-state index contributed by atoms with van der Waals surface area (Å²) >= 11 is 0. The first-order valence-electron chi connectivity index (χ1n) is 5.01. The molecule has 86 valence electrons. The Balaban J connectivity index is 2.52.